The number of nitrogens with one attached hydrogen (secondary N) is 2. The molecular formula is C26H30N2O12. The molecular weight excluding hydrogens is 532 g/mol. The largest absolute Gasteiger partial charge is 0.545 e. The third kappa shape index (κ3) is 36.9. The van der Waals surface area contributed by atoms with Crippen molar-refractivity contribution in [2.75, 3.05) is 0 Å². The highest BCUT2D eigenvalue weighted by Gasteiger charge is 1.90. The first-order valence-electron chi connectivity index (χ1n) is 10.7. The maximum atomic E-state index is 9.55. The van der Waals surface area contributed by atoms with Crippen molar-refractivity contribution in [3.8, 4) is 0 Å². The molecule has 14 nitrogen and oxygen atoms in total. The summed E-state index contributed by atoms with van der Waals surface area (Å²) in [5.74, 6) is -8.12. The van der Waals surface area contributed by atoms with Crippen LogP contribution in [0.3, 0.4) is 0 Å². The van der Waals surface area contributed by atoms with Crippen LogP contribution in [-0.4, -0.2) is 56.2 Å². The Morgan fingerprint density at radius 3 is 0.900 bits per heavy atom. The van der Waals surface area contributed by atoms with Crippen molar-refractivity contribution in [2.45, 2.75) is 27.7 Å². The highest BCUT2D eigenvalue weighted by molar-refractivity contribution is 5.90. The van der Waals surface area contributed by atoms with E-state index < -0.39 is 35.8 Å². The fourth-order valence-corrected chi connectivity index (χ4v) is 1.58. The van der Waals surface area contributed by atoms with Gasteiger partial charge in [0.1, 0.15) is 0 Å². The predicted octanol–water partition coefficient (Wildman–Crippen LogP) is -1.30. The quantitative estimate of drug-likeness (QED) is 0.300. The average Bonchev–Trinajstić information content (AvgIpc) is 2.85. The van der Waals surface area contributed by atoms with Gasteiger partial charge in [-0.05, 0) is 38.1 Å². The molecule has 0 amide bonds. The van der Waals surface area contributed by atoms with Gasteiger partial charge in [-0.3, -0.25) is 0 Å². The van der Waals surface area contributed by atoms with Gasteiger partial charge in [0, 0.05) is 61.4 Å². The Kier molecular flexibility index (Phi) is 23.0. The third-order valence-electron chi connectivity index (χ3n) is 3.34. The van der Waals surface area contributed by atoms with Crippen LogP contribution in [0.5, 0.6) is 0 Å². The highest BCUT2D eigenvalue weighted by Crippen LogP contribution is 1.91. The molecule has 40 heavy (non-hydrogen) atoms. The standard InChI is InChI=1S/2C7H9N.3C4H4O4/c2*1-6-3-4-7(2)8-5-6;3*5-3(6)1-2-4(7)8/h2*3-5H,1-2H3;3*1-2H,(H,5,6)(H,7,8)/b;;3*2-1+. The maximum absolute atomic E-state index is 9.55. The summed E-state index contributed by atoms with van der Waals surface area (Å²) in [4.78, 5) is 63.2. The number of hydrogen-bond acceptors (Lipinski definition) is 8. The second-order valence-corrected chi connectivity index (χ2v) is 7.09. The Balaban J connectivity index is -0.000000428. The molecule has 0 fully saturated rings. The zero-order chi connectivity index (χ0) is 31.7. The van der Waals surface area contributed by atoms with E-state index in [4.69, 9.17) is 20.4 Å². The number of carbonyl (C=O) groups excluding carboxylic acids is 2. The Hall–Kier alpha value is -5.66. The van der Waals surface area contributed by atoms with Crippen LogP contribution >= 0.6 is 0 Å². The lowest BCUT2D eigenvalue weighted by atomic mass is 10.3. The van der Waals surface area contributed by atoms with Gasteiger partial charge < -0.3 is 40.2 Å². The molecule has 0 atom stereocenters. The second-order valence-electron chi connectivity index (χ2n) is 7.09. The van der Waals surface area contributed by atoms with Crippen molar-refractivity contribution < 1.29 is 69.4 Å². The summed E-state index contributed by atoms with van der Waals surface area (Å²) in [5, 5.41) is 50.1. The minimum Gasteiger partial charge on any atom is -0.545 e. The van der Waals surface area contributed by atoms with Gasteiger partial charge in [0.25, 0.3) is 0 Å². The van der Waals surface area contributed by atoms with Gasteiger partial charge in [0.2, 0.25) is 0 Å². The van der Waals surface area contributed by atoms with Crippen LogP contribution in [0.4, 0.5) is 0 Å². The van der Waals surface area contributed by atoms with Crippen molar-refractivity contribution >= 4 is 35.8 Å². The molecule has 0 aliphatic rings. The molecule has 0 aromatic carbocycles. The van der Waals surface area contributed by atoms with E-state index in [9.17, 15) is 39.0 Å². The number of hydrogen-bond donors (Lipinski definition) is 4. The molecule has 0 bridgehead atoms. The van der Waals surface area contributed by atoms with Gasteiger partial charge in [-0.1, -0.05) is 0 Å². The number of carbonyl (C=O) groups is 6. The van der Waals surface area contributed by atoms with Crippen molar-refractivity contribution in [3.05, 3.63) is 95.6 Å². The molecule has 0 unspecified atom stereocenters. The van der Waals surface area contributed by atoms with Gasteiger partial charge in [0.15, 0.2) is 23.8 Å². The molecule has 0 radical (unpaired) electrons. The van der Waals surface area contributed by atoms with Crippen LogP contribution in [0.2, 0.25) is 0 Å². The van der Waals surface area contributed by atoms with Gasteiger partial charge >= 0.3 is 23.9 Å². The van der Waals surface area contributed by atoms with Gasteiger partial charge in [-0.25, -0.2) is 29.1 Å². The minimum absolute atomic E-state index is 0.384. The molecule has 2 aromatic rings. The van der Waals surface area contributed by atoms with Crippen molar-refractivity contribution in [1.29, 1.82) is 0 Å². The summed E-state index contributed by atoms with van der Waals surface area (Å²) in [6.07, 6.45) is 6.99. The number of pyridine rings is 2. The number of aryl methyl sites for hydroxylation is 4. The molecule has 2 rings (SSSR count). The Bertz CT molecular complexity index is 969. The van der Waals surface area contributed by atoms with Crippen LogP contribution in [0.15, 0.2) is 73.1 Å². The maximum Gasteiger partial charge on any atom is 0.328 e. The van der Waals surface area contributed by atoms with E-state index in [1.807, 2.05) is 26.2 Å². The van der Waals surface area contributed by atoms with Crippen LogP contribution < -0.4 is 20.2 Å². The van der Waals surface area contributed by atoms with Crippen molar-refractivity contribution in [2.24, 2.45) is 0 Å². The van der Waals surface area contributed by atoms with Crippen LogP contribution in [0.1, 0.15) is 22.5 Å². The fourth-order valence-electron chi connectivity index (χ4n) is 1.58. The van der Waals surface area contributed by atoms with E-state index in [0.717, 1.165) is 0 Å². The second kappa shape index (κ2) is 23.7. The first kappa shape index (κ1) is 38.9. The molecule has 0 saturated heterocycles. The van der Waals surface area contributed by atoms with Crippen molar-refractivity contribution in [1.82, 2.24) is 0 Å². The number of carboxylic acids is 6. The molecule has 14 heteroatoms. The Morgan fingerprint density at radius 2 is 0.775 bits per heavy atom. The Morgan fingerprint density at radius 1 is 0.525 bits per heavy atom. The number of aliphatic carboxylic acids is 6. The normalized spacial score (nSPS) is 9.40. The summed E-state index contributed by atoms with van der Waals surface area (Å²) in [7, 11) is 0. The van der Waals surface area contributed by atoms with Gasteiger partial charge in [0.05, 0.1) is 11.9 Å². The zero-order valence-corrected chi connectivity index (χ0v) is 22.0. The lowest BCUT2D eigenvalue weighted by Crippen LogP contribution is -2.23. The molecule has 0 saturated carbocycles. The number of aromatic amines is 2. The lowest BCUT2D eigenvalue weighted by Gasteiger charge is -1.90. The first-order valence-corrected chi connectivity index (χ1v) is 10.7. The minimum atomic E-state index is -1.55. The molecule has 0 aliphatic carbocycles. The number of H-pyrrole nitrogens is 2. The third-order valence-corrected chi connectivity index (χ3v) is 3.34. The summed E-state index contributed by atoms with van der Waals surface area (Å²) in [5.41, 5.74) is 4.96. The number of rotatable bonds is 6. The van der Waals surface area contributed by atoms with E-state index in [0.29, 0.717) is 36.5 Å². The fraction of sp³-hybridized carbons (Fsp3) is 0.154. The monoisotopic (exact) mass is 562 g/mol. The zero-order valence-electron chi connectivity index (χ0n) is 22.0. The molecule has 0 aliphatic heterocycles. The summed E-state index contributed by atoms with van der Waals surface area (Å²) in [6, 6.07) is 8.31. The molecule has 6 N–H and O–H groups in total. The first-order chi connectivity index (χ1) is 18.5. The van der Waals surface area contributed by atoms with Crippen LogP contribution in [0.25, 0.3) is 0 Å². The molecule has 0 spiro atoms. The van der Waals surface area contributed by atoms with Gasteiger partial charge in [-0.15, -0.1) is 0 Å². The van der Waals surface area contributed by atoms with Gasteiger partial charge in [-0.2, -0.15) is 0 Å². The average molecular weight is 563 g/mol. The summed E-state index contributed by atoms with van der Waals surface area (Å²) >= 11 is 0. The summed E-state index contributed by atoms with van der Waals surface area (Å²) < 4.78 is 0. The lowest BCUT2D eigenvalue weighted by molar-refractivity contribution is -0.388. The summed E-state index contributed by atoms with van der Waals surface area (Å²) in [6.45, 7) is 8.21. The van der Waals surface area contributed by atoms with E-state index in [1.165, 1.54) is 22.5 Å². The van der Waals surface area contributed by atoms with Crippen LogP contribution in [-0.2, 0) is 28.8 Å². The molecule has 2 heterocycles. The van der Waals surface area contributed by atoms with E-state index in [1.54, 1.807) is 0 Å². The molecule has 2 aromatic heterocycles. The SMILES string of the molecule is Cc1ccc(C)[nH+]c1.Cc1ccc(C)[nH+]c1.O=C(O)/C=C/C(=O)O.O=C(O)/C=C/C(=O)O.O=C([O-])/C=C/C(=O)[O-]. The Labute approximate surface area is 228 Å². The van der Waals surface area contributed by atoms with E-state index in [2.05, 4.69) is 48.1 Å². The van der Waals surface area contributed by atoms with Crippen LogP contribution in [0, 0.1) is 27.7 Å². The number of carboxylic acid groups (broad SMARTS) is 6. The smallest absolute Gasteiger partial charge is 0.328 e. The van der Waals surface area contributed by atoms with E-state index in [-0.39, 0.29) is 0 Å². The predicted molar refractivity (Wildman–Crippen MR) is 133 cm³/mol. The topological polar surface area (TPSA) is 258 Å². The highest BCUT2D eigenvalue weighted by atomic mass is 16.4. The molecule has 216 valence electrons. The van der Waals surface area contributed by atoms with Crippen molar-refractivity contribution in [3.63, 3.8) is 0 Å². The number of aromatic nitrogens is 2. The van der Waals surface area contributed by atoms with E-state index >= 15 is 0 Å².